The van der Waals surface area contributed by atoms with Crippen LogP contribution in [0.4, 0.5) is 10.1 Å². The molecule has 0 spiro atoms. The van der Waals surface area contributed by atoms with Crippen LogP contribution < -0.4 is 0 Å². The Bertz CT molecular complexity index is 1300. The van der Waals surface area contributed by atoms with Crippen molar-refractivity contribution in [3.63, 3.8) is 0 Å². The van der Waals surface area contributed by atoms with E-state index in [1.807, 2.05) is 63.4 Å². The molecule has 1 atom stereocenters. The summed E-state index contributed by atoms with van der Waals surface area (Å²) in [5.74, 6) is 0.754. The van der Waals surface area contributed by atoms with Gasteiger partial charge in [-0.2, -0.15) is 0 Å². The van der Waals surface area contributed by atoms with Gasteiger partial charge in [-0.3, -0.25) is 4.79 Å². The molecule has 2 fully saturated rings. The third-order valence-corrected chi connectivity index (χ3v) is 8.25. The molecule has 212 valence electrons. The zero-order valence-electron chi connectivity index (χ0n) is 24.3. The smallest absolute Gasteiger partial charge is 0.253 e. The van der Waals surface area contributed by atoms with Crippen molar-refractivity contribution in [3.8, 4) is 0 Å². The summed E-state index contributed by atoms with van der Waals surface area (Å²) in [5.41, 5.74) is 3.43. The van der Waals surface area contributed by atoms with Crippen molar-refractivity contribution in [2.24, 2.45) is 4.99 Å². The summed E-state index contributed by atoms with van der Waals surface area (Å²) < 4.78 is 14.2. The number of hydrogen-bond donors (Lipinski definition) is 0. The molecule has 0 radical (unpaired) electrons. The van der Waals surface area contributed by atoms with Gasteiger partial charge in [-0.05, 0) is 67.1 Å². The summed E-state index contributed by atoms with van der Waals surface area (Å²) in [7, 11) is 1.85. The van der Waals surface area contributed by atoms with Gasteiger partial charge in [0.05, 0.1) is 5.69 Å². The molecule has 1 unspecified atom stereocenters. The Morgan fingerprint density at radius 3 is 2.25 bits per heavy atom. The van der Waals surface area contributed by atoms with Crippen molar-refractivity contribution in [2.45, 2.75) is 75.0 Å². The van der Waals surface area contributed by atoms with E-state index < -0.39 is 0 Å². The second kappa shape index (κ2) is 14.5. The van der Waals surface area contributed by atoms with Crippen LogP contribution in [-0.2, 0) is 0 Å². The number of nitrogens with zero attached hydrogens (tertiary/aromatic N) is 3. The zero-order valence-corrected chi connectivity index (χ0v) is 25.1. The molecule has 1 saturated carbocycles. The first-order valence-electron chi connectivity index (χ1n) is 14.8. The molecule has 0 N–H and O–H groups in total. The van der Waals surface area contributed by atoms with Crippen molar-refractivity contribution in [1.82, 2.24) is 9.80 Å². The van der Waals surface area contributed by atoms with Gasteiger partial charge < -0.3 is 9.80 Å². The Labute approximate surface area is 243 Å². The van der Waals surface area contributed by atoms with Crippen LogP contribution in [0.1, 0.15) is 86.7 Å². The summed E-state index contributed by atoms with van der Waals surface area (Å²) in [6, 6.07) is 20.9. The number of carbonyl (C=O) groups excluding carboxylic acids is 1. The monoisotopic (exact) mass is 559 g/mol. The second-order valence-electron chi connectivity index (χ2n) is 10.5. The fraction of sp³-hybridized carbons (Fsp3) is 0.412. The first-order valence-corrected chi connectivity index (χ1v) is 15.6. The van der Waals surface area contributed by atoms with Crippen LogP contribution in [0, 0.1) is 5.82 Å². The maximum atomic E-state index is 14.2. The minimum Gasteiger partial charge on any atom is -0.356 e. The van der Waals surface area contributed by atoms with Crippen molar-refractivity contribution in [3.05, 3.63) is 89.2 Å². The van der Waals surface area contributed by atoms with E-state index in [0.29, 0.717) is 12.1 Å². The fourth-order valence-corrected chi connectivity index (χ4v) is 5.81. The molecule has 2 heterocycles. The minimum atomic E-state index is -0.259. The topological polar surface area (TPSA) is 35.9 Å². The van der Waals surface area contributed by atoms with Crippen LogP contribution in [0.25, 0.3) is 0 Å². The van der Waals surface area contributed by atoms with Crippen LogP contribution in [0.5, 0.6) is 0 Å². The normalized spacial score (nSPS) is 15.9. The molecule has 3 aromatic carbocycles. The Morgan fingerprint density at radius 2 is 1.57 bits per heavy atom. The van der Waals surface area contributed by atoms with E-state index in [4.69, 9.17) is 4.99 Å². The molecule has 40 heavy (non-hydrogen) atoms. The third kappa shape index (κ3) is 7.75. The van der Waals surface area contributed by atoms with Gasteiger partial charge in [0.1, 0.15) is 11.7 Å². The lowest BCUT2D eigenvalue weighted by atomic mass is 10.0. The molecule has 6 heteroatoms. The molecule has 2 aliphatic heterocycles. The average molecular weight is 560 g/mol. The van der Waals surface area contributed by atoms with E-state index in [1.165, 1.54) is 37.3 Å². The predicted octanol–water partition coefficient (Wildman–Crippen LogP) is 8.93. The standard InChI is InChI=1S/C29H30FN3OS.C3H6.C2H6/c1-20(21-9-5-3-6-10-21)19-32(2)29(34)22-11-13-27-25(17-22)31-28(33-15-7-4-8-16-33)24-18-23(30)12-14-26(24)35-27;1-2-3-1;1-2/h3,5-6,9-14,17-18,20H,4,7-8,15-16,19H2,1-2H3;1-3H2;1-2H3. The van der Waals surface area contributed by atoms with E-state index in [-0.39, 0.29) is 17.6 Å². The van der Waals surface area contributed by atoms with Crippen molar-refractivity contribution < 1.29 is 9.18 Å². The van der Waals surface area contributed by atoms with E-state index in [0.717, 1.165) is 52.8 Å². The quantitative estimate of drug-likeness (QED) is 0.320. The lowest BCUT2D eigenvalue weighted by Gasteiger charge is -2.30. The van der Waals surface area contributed by atoms with Crippen molar-refractivity contribution in [2.75, 3.05) is 26.7 Å². The molecule has 1 saturated heterocycles. The van der Waals surface area contributed by atoms with Crippen molar-refractivity contribution in [1.29, 1.82) is 0 Å². The van der Waals surface area contributed by atoms with E-state index in [2.05, 4.69) is 24.0 Å². The summed E-state index contributed by atoms with van der Waals surface area (Å²) in [4.78, 5) is 24.4. The maximum Gasteiger partial charge on any atom is 0.253 e. The maximum absolute atomic E-state index is 14.2. The molecule has 6 rings (SSSR count). The first-order chi connectivity index (χ1) is 19.5. The van der Waals surface area contributed by atoms with Gasteiger partial charge in [0.15, 0.2) is 0 Å². The molecule has 3 aromatic rings. The number of aliphatic imine (C=N–C) groups is 1. The van der Waals surface area contributed by atoms with Gasteiger partial charge in [-0.15, -0.1) is 0 Å². The molecule has 1 aliphatic carbocycles. The Kier molecular flexibility index (Phi) is 10.8. The largest absolute Gasteiger partial charge is 0.356 e. The second-order valence-corrected chi connectivity index (χ2v) is 11.6. The van der Waals surface area contributed by atoms with E-state index in [1.54, 1.807) is 22.7 Å². The van der Waals surface area contributed by atoms with Gasteiger partial charge in [0.25, 0.3) is 5.91 Å². The Balaban J connectivity index is 0.000000680. The van der Waals surface area contributed by atoms with Gasteiger partial charge in [0, 0.05) is 47.6 Å². The molecule has 3 aliphatic rings. The molecule has 0 bridgehead atoms. The number of likely N-dealkylation sites (N-methyl/N-ethyl adjacent to an activating group) is 1. The first kappa shape index (κ1) is 29.9. The summed E-state index contributed by atoms with van der Waals surface area (Å²) in [6.07, 6.45) is 7.91. The van der Waals surface area contributed by atoms with Gasteiger partial charge in [-0.25, -0.2) is 9.38 Å². The average Bonchev–Trinajstić information content (AvgIpc) is 3.89. The molecule has 4 nitrogen and oxygen atoms in total. The van der Waals surface area contributed by atoms with Crippen LogP contribution in [0.15, 0.2) is 81.5 Å². The minimum absolute atomic E-state index is 0.0249. The van der Waals surface area contributed by atoms with Gasteiger partial charge in [0.2, 0.25) is 0 Å². The predicted molar refractivity (Wildman–Crippen MR) is 166 cm³/mol. The fourth-order valence-electron chi connectivity index (χ4n) is 4.83. The van der Waals surface area contributed by atoms with Gasteiger partial charge in [-0.1, -0.05) is 82.1 Å². The number of piperidine rings is 1. The number of likely N-dealkylation sites (tertiary alicyclic amines) is 1. The molecular weight excluding hydrogens is 517 g/mol. The number of hydrogen-bond acceptors (Lipinski definition) is 4. The number of amidine groups is 1. The molecular formula is C34H42FN3OS. The van der Waals surface area contributed by atoms with Crippen LogP contribution in [0.3, 0.4) is 0 Å². The summed E-state index contributed by atoms with van der Waals surface area (Å²) in [5, 5.41) is 0. The number of fused-ring (bicyclic) bond motifs is 2. The number of rotatable bonds is 4. The van der Waals surface area contributed by atoms with E-state index >= 15 is 0 Å². The van der Waals surface area contributed by atoms with Crippen molar-refractivity contribution >= 4 is 29.2 Å². The lowest BCUT2D eigenvalue weighted by Crippen LogP contribution is -2.36. The van der Waals surface area contributed by atoms with Crippen LogP contribution in [-0.4, -0.2) is 48.2 Å². The zero-order chi connectivity index (χ0) is 28.5. The molecule has 1 amide bonds. The van der Waals surface area contributed by atoms with Gasteiger partial charge >= 0.3 is 0 Å². The summed E-state index contributed by atoms with van der Waals surface area (Å²) in [6.45, 7) is 8.58. The SMILES string of the molecule is C1CC1.CC.CC(CN(C)C(=O)c1ccc2c(c1)N=C(N1CCCCC1)c1cc(F)ccc1S2)c1ccccc1. The van der Waals surface area contributed by atoms with Crippen LogP contribution >= 0.6 is 11.8 Å². The Hall–Kier alpha value is -3.12. The highest BCUT2D eigenvalue weighted by Gasteiger charge is 2.25. The highest BCUT2D eigenvalue weighted by Crippen LogP contribution is 2.42. The third-order valence-electron chi connectivity index (χ3n) is 7.11. The number of amides is 1. The highest BCUT2D eigenvalue weighted by molar-refractivity contribution is 7.99. The number of benzene rings is 3. The molecule has 0 aromatic heterocycles. The van der Waals surface area contributed by atoms with Crippen LogP contribution in [0.2, 0.25) is 0 Å². The van der Waals surface area contributed by atoms with E-state index in [9.17, 15) is 9.18 Å². The summed E-state index contributed by atoms with van der Waals surface area (Å²) >= 11 is 1.58. The number of halogens is 1. The highest BCUT2D eigenvalue weighted by atomic mass is 32.2. The lowest BCUT2D eigenvalue weighted by molar-refractivity contribution is 0.0788. The Morgan fingerprint density at radius 1 is 0.925 bits per heavy atom. The number of carbonyl (C=O) groups is 1.